The molecule has 0 aromatic heterocycles. The molecule has 0 aliphatic carbocycles. The molecular formula is C14H18ClNO3. The fourth-order valence-corrected chi connectivity index (χ4v) is 2.46. The summed E-state index contributed by atoms with van der Waals surface area (Å²) in [4.78, 5) is 14.2. The second-order valence-electron chi connectivity index (χ2n) is 4.67. The van der Waals surface area contributed by atoms with Gasteiger partial charge in [0.25, 0.3) is 0 Å². The van der Waals surface area contributed by atoms with E-state index in [9.17, 15) is 4.79 Å². The minimum Gasteiger partial charge on any atom is -0.377 e. The van der Waals surface area contributed by atoms with Gasteiger partial charge in [-0.3, -0.25) is 9.69 Å². The maximum Gasteiger partial charge on any atom is 0.176 e. The van der Waals surface area contributed by atoms with Crippen LogP contribution in [0.2, 0.25) is 5.02 Å². The van der Waals surface area contributed by atoms with Crippen LogP contribution in [-0.2, 0) is 9.47 Å². The maximum atomic E-state index is 12.1. The summed E-state index contributed by atoms with van der Waals surface area (Å²) in [5.41, 5.74) is 0.680. The van der Waals surface area contributed by atoms with Gasteiger partial charge >= 0.3 is 0 Å². The molecule has 0 spiro atoms. The zero-order chi connectivity index (χ0) is 13.8. The normalized spacial score (nSPS) is 23.7. The van der Waals surface area contributed by atoms with Gasteiger partial charge in [-0.2, -0.15) is 0 Å². The van der Waals surface area contributed by atoms with Gasteiger partial charge in [0.1, 0.15) is 0 Å². The summed E-state index contributed by atoms with van der Waals surface area (Å²) in [5.74, 6) is 0.0864. The highest BCUT2D eigenvalue weighted by atomic mass is 35.5. The largest absolute Gasteiger partial charge is 0.377 e. The molecule has 0 bridgehead atoms. The van der Waals surface area contributed by atoms with Gasteiger partial charge in [-0.1, -0.05) is 11.6 Å². The number of methoxy groups -OCH3 is 2. The van der Waals surface area contributed by atoms with Crippen LogP contribution >= 0.6 is 11.6 Å². The number of carbonyl (C=O) groups is 1. The minimum absolute atomic E-state index is 0.0306. The molecule has 1 aliphatic heterocycles. The molecule has 1 aliphatic rings. The van der Waals surface area contributed by atoms with Crippen molar-refractivity contribution in [3.63, 3.8) is 0 Å². The zero-order valence-corrected chi connectivity index (χ0v) is 11.9. The highest BCUT2D eigenvalue weighted by Crippen LogP contribution is 2.17. The van der Waals surface area contributed by atoms with Crippen molar-refractivity contribution in [2.75, 3.05) is 33.9 Å². The van der Waals surface area contributed by atoms with E-state index in [4.69, 9.17) is 21.1 Å². The third-order valence-corrected chi connectivity index (χ3v) is 3.68. The van der Waals surface area contributed by atoms with Crippen LogP contribution in [0.15, 0.2) is 24.3 Å². The first-order valence-corrected chi connectivity index (χ1v) is 6.58. The predicted octanol–water partition coefficient (Wildman–Crippen LogP) is 1.87. The van der Waals surface area contributed by atoms with E-state index in [0.29, 0.717) is 30.2 Å². The summed E-state index contributed by atoms with van der Waals surface area (Å²) in [5, 5.41) is 0.636. The van der Waals surface area contributed by atoms with E-state index in [2.05, 4.69) is 4.90 Å². The lowest BCUT2D eigenvalue weighted by atomic mass is 10.1. The predicted molar refractivity (Wildman–Crippen MR) is 73.8 cm³/mol. The molecule has 2 unspecified atom stereocenters. The summed E-state index contributed by atoms with van der Waals surface area (Å²) < 4.78 is 10.7. The van der Waals surface area contributed by atoms with Gasteiger partial charge in [-0.25, -0.2) is 0 Å². The first-order chi connectivity index (χ1) is 9.13. The molecule has 0 amide bonds. The number of ketones is 1. The van der Waals surface area contributed by atoms with E-state index in [1.807, 2.05) is 0 Å². The van der Waals surface area contributed by atoms with Crippen LogP contribution in [-0.4, -0.2) is 56.7 Å². The Morgan fingerprint density at radius 2 is 1.74 bits per heavy atom. The van der Waals surface area contributed by atoms with E-state index in [1.165, 1.54) is 0 Å². The number of hydrogen-bond donors (Lipinski definition) is 0. The van der Waals surface area contributed by atoms with Crippen molar-refractivity contribution < 1.29 is 14.3 Å². The van der Waals surface area contributed by atoms with E-state index in [1.54, 1.807) is 38.5 Å². The van der Waals surface area contributed by atoms with Crippen LogP contribution in [0.5, 0.6) is 0 Å². The Bertz CT molecular complexity index is 423. The van der Waals surface area contributed by atoms with E-state index in [-0.39, 0.29) is 18.0 Å². The molecule has 0 radical (unpaired) electrons. The number of Topliss-reactive ketones (excluding diaryl/α,β-unsaturated/α-hetero) is 1. The lowest BCUT2D eigenvalue weighted by Crippen LogP contribution is -2.29. The van der Waals surface area contributed by atoms with Gasteiger partial charge in [-0.15, -0.1) is 0 Å². The number of ether oxygens (including phenoxy) is 2. The Morgan fingerprint density at radius 3 is 2.21 bits per heavy atom. The molecule has 104 valence electrons. The summed E-state index contributed by atoms with van der Waals surface area (Å²) in [6, 6.07) is 6.97. The lowest BCUT2D eigenvalue weighted by molar-refractivity contribution is -0.00461. The SMILES string of the molecule is COC1CN(CC(=O)c2ccc(Cl)cc2)CC1OC. The van der Waals surface area contributed by atoms with Crippen molar-refractivity contribution in [3.05, 3.63) is 34.9 Å². The third-order valence-electron chi connectivity index (χ3n) is 3.43. The Balaban J connectivity index is 1.95. The first-order valence-electron chi connectivity index (χ1n) is 6.20. The van der Waals surface area contributed by atoms with Crippen LogP contribution in [0.1, 0.15) is 10.4 Å². The molecule has 1 aromatic carbocycles. The Kier molecular flexibility index (Phi) is 4.93. The summed E-state index contributed by atoms with van der Waals surface area (Å²) >= 11 is 5.81. The quantitative estimate of drug-likeness (QED) is 0.774. The number of carbonyl (C=O) groups excluding carboxylic acids is 1. The summed E-state index contributed by atoms with van der Waals surface area (Å²) in [6.45, 7) is 1.81. The van der Waals surface area contributed by atoms with Gasteiger partial charge in [0.05, 0.1) is 18.8 Å². The molecule has 19 heavy (non-hydrogen) atoms. The Hall–Kier alpha value is -0.940. The van der Waals surface area contributed by atoms with Gasteiger partial charge in [0, 0.05) is 37.9 Å². The Labute approximate surface area is 118 Å². The highest BCUT2D eigenvalue weighted by molar-refractivity contribution is 6.30. The third kappa shape index (κ3) is 3.54. The van der Waals surface area contributed by atoms with Gasteiger partial charge in [0.2, 0.25) is 0 Å². The fourth-order valence-electron chi connectivity index (χ4n) is 2.33. The van der Waals surface area contributed by atoms with Crippen molar-refractivity contribution in [1.29, 1.82) is 0 Å². The van der Waals surface area contributed by atoms with Gasteiger partial charge < -0.3 is 9.47 Å². The molecule has 1 fully saturated rings. The van der Waals surface area contributed by atoms with Gasteiger partial charge in [0.15, 0.2) is 5.78 Å². The van der Waals surface area contributed by atoms with Crippen LogP contribution in [0.25, 0.3) is 0 Å². The molecular weight excluding hydrogens is 266 g/mol. The second-order valence-corrected chi connectivity index (χ2v) is 5.11. The molecule has 2 rings (SSSR count). The minimum atomic E-state index is 0.0306. The number of halogens is 1. The molecule has 1 saturated heterocycles. The molecule has 4 nitrogen and oxygen atoms in total. The highest BCUT2D eigenvalue weighted by Gasteiger charge is 2.33. The molecule has 0 saturated carbocycles. The van der Waals surface area contributed by atoms with Crippen molar-refractivity contribution in [3.8, 4) is 0 Å². The Morgan fingerprint density at radius 1 is 1.21 bits per heavy atom. The van der Waals surface area contributed by atoms with E-state index in [0.717, 1.165) is 0 Å². The van der Waals surface area contributed by atoms with Crippen molar-refractivity contribution in [1.82, 2.24) is 4.90 Å². The molecule has 0 N–H and O–H groups in total. The van der Waals surface area contributed by atoms with Crippen LogP contribution in [0.3, 0.4) is 0 Å². The molecule has 2 atom stereocenters. The summed E-state index contributed by atoms with van der Waals surface area (Å²) in [6.07, 6.45) is 0.0611. The smallest absolute Gasteiger partial charge is 0.176 e. The topological polar surface area (TPSA) is 38.8 Å². The van der Waals surface area contributed by atoms with Crippen molar-refractivity contribution >= 4 is 17.4 Å². The van der Waals surface area contributed by atoms with E-state index < -0.39 is 0 Å². The standard InChI is InChI=1S/C14H18ClNO3/c1-18-13-8-16(9-14(13)19-2)7-12(17)10-3-5-11(15)6-4-10/h3-6,13-14H,7-9H2,1-2H3. The number of rotatable bonds is 5. The molecule has 1 heterocycles. The number of nitrogens with zero attached hydrogens (tertiary/aromatic N) is 1. The van der Waals surface area contributed by atoms with Crippen LogP contribution < -0.4 is 0 Å². The number of hydrogen-bond acceptors (Lipinski definition) is 4. The van der Waals surface area contributed by atoms with Crippen molar-refractivity contribution in [2.24, 2.45) is 0 Å². The maximum absolute atomic E-state index is 12.1. The van der Waals surface area contributed by atoms with Gasteiger partial charge in [-0.05, 0) is 24.3 Å². The average Bonchev–Trinajstić information content (AvgIpc) is 2.81. The molecule has 5 heteroatoms. The average molecular weight is 284 g/mol. The number of benzene rings is 1. The van der Waals surface area contributed by atoms with E-state index >= 15 is 0 Å². The number of likely N-dealkylation sites (tertiary alicyclic amines) is 1. The fraction of sp³-hybridized carbons (Fsp3) is 0.500. The monoisotopic (exact) mass is 283 g/mol. The second kappa shape index (κ2) is 6.48. The van der Waals surface area contributed by atoms with Crippen LogP contribution in [0.4, 0.5) is 0 Å². The van der Waals surface area contributed by atoms with Crippen molar-refractivity contribution in [2.45, 2.75) is 12.2 Å². The lowest BCUT2D eigenvalue weighted by Gasteiger charge is -2.13. The zero-order valence-electron chi connectivity index (χ0n) is 11.1. The van der Waals surface area contributed by atoms with Crippen LogP contribution in [0, 0.1) is 0 Å². The molecule has 1 aromatic rings. The first kappa shape index (κ1) is 14.5. The summed E-state index contributed by atoms with van der Waals surface area (Å²) in [7, 11) is 3.34.